The van der Waals surface area contributed by atoms with Crippen LogP contribution in [0, 0.1) is 17.7 Å². The van der Waals surface area contributed by atoms with E-state index >= 15 is 0 Å². The molecular formula is C17H24FN3. The molecule has 0 atom stereocenters. The van der Waals surface area contributed by atoms with E-state index in [0.29, 0.717) is 18.7 Å². The van der Waals surface area contributed by atoms with Crippen molar-refractivity contribution in [2.24, 2.45) is 5.73 Å². The van der Waals surface area contributed by atoms with Gasteiger partial charge in [-0.05, 0) is 45.1 Å². The number of likely N-dealkylation sites (tertiary alicyclic amines) is 1. The third kappa shape index (κ3) is 5.13. The first kappa shape index (κ1) is 16.0. The van der Waals surface area contributed by atoms with E-state index in [2.05, 4.69) is 21.6 Å². The topological polar surface area (TPSA) is 32.5 Å². The molecule has 1 heterocycles. The minimum Gasteiger partial charge on any atom is -0.320 e. The molecule has 0 aromatic heterocycles. The Morgan fingerprint density at radius 3 is 2.76 bits per heavy atom. The van der Waals surface area contributed by atoms with Crippen LogP contribution in [0.2, 0.25) is 0 Å². The molecule has 2 N–H and O–H groups in total. The quantitative estimate of drug-likeness (QED) is 0.837. The molecule has 21 heavy (non-hydrogen) atoms. The lowest BCUT2D eigenvalue weighted by Crippen LogP contribution is -2.31. The van der Waals surface area contributed by atoms with Crippen LogP contribution in [-0.4, -0.2) is 49.6 Å². The molecule has 114 valence electrons. The van der Waals surface area contributed by atoms with Crippen molar-refractivity contribution in [1.82, 2.24) is 9.80 Å². The Kier molecular flexibility index (Phi) is 6.19. The summed E-state index contributed by atoms with van der Waals surface area (Å²) in [7, 11) is 2.04. The predicted molar refractivity (Wildman–Crippen MR) is 84.3 cm³/mol. The zero-order valence-corrected chi connectivity index (χ0v) is 12.7. The third-order valence-corrected chi connectivity index (χ3v) is 3.82. The van der Waals surface area contributed by atoms with Crippen molar-refractivity contribution >= 4 is 0 Å². The van der Waals surface area contributed by atoms with Gasteiger partial charge in [-0.2, -0.15) is 0 Å². The van der Waals surface area contributed by atoms with Crippen molar-refractivity contribution in [3.63, 3.8) is 0 Å². The summed E-state index contributed by atoms with van der Waals surface area (Å²) in [5.74, 6) is 5.40. The summed E-state index contributed by atoms with van der Waals surface area (Å²) >= 11 is 0. The largest absolute Gasteiger partial charge is 0.320 e. The van der Waals surface area contributed by atoms with Gasteiger partial charge in [0.05, 0.1) is 6.54 Å². The van der Waals surface area contributed by atoms with E-state index < -0.39 is 0 Å². The molecule has 1 fully saturated rings. The molecule has 0 amide bonds. The summed E-state index contributed by atoms with van der Waals surface area (Å²) in [6.45, 7) is 5.37. The number of nitrogens with zero attached hydrogens (tertiary/aromatic N) is 2. The van der Waals surface area contributed by atoms with Gasteiger partial charge in [-0.25, -0.2) is 4.39 Å². The Balaban J connectivity index is 1.86. The molecule has 0 bridgehead atoms. The molecule has 1 aromatic rings. The van der Waals surface area contributed by atoms with Gasteiger partial charge in [0.1, 0.15) is 5.82 Å². The number of likely N-dealkylation sites (N-methyl/N-ethyl adjacent to an activating group) is 1. The molecule has 4 heteroatoms. The number of hydrogen-bond donors (Lipinski definition) is 1. The molecule has 0 unspecified atom stereocenters. The zero-order chi connectivity index (χ0) is 15.1. The number of hydrogen-bond acceptors (Lipinski definition) is 3. The van der Waals surface area contributed by atoms with Crippen LogP contribution in [0.3, 0.4) is 0 Å². The Labute approximate surface area is 126 Å². The fourth-order valence-electron chi connectivity index (χ4n) is 2.59. The summed E-state index contributed by atoms with van der Waals surface area (Å²) in [5, 5.41) is 0. The van der Waals surface area contributed by atoms with E-state index in [9.17, 15) is 4.39 Å². The van der Waals surface area contributed by atoms with Gasteiger partial charge in [-0.15, -0.1) is 0 Å². The molecule has 1 saturated heterocycles. The Bertz CT molecular complexity index is 513. The van der Waals surface area contributed by atoms with Gasteiger partial charge in [0, 0.05) is 30.8 Å². The second-order valence-corrected chi connectivity index (χ2v) is 5.60. The van der Waals surface area contributed by atoms with Gasteiger partial charge in [0.25, 0.3) is 0 Å². The highest BCUT2D eigenvalue weighted by Gasteiger charge is 2.12. The molecular weight excluding hydrogens is 265 g/mol. The van der Waals surface area contributed by atoms with Crippen LogP contribution >= 0.6 is 0 Å². The Morgan fingerprint density at radius 2 is 2.10 bits per heavy atom. The van der Waals surface area contributed by atoms with Crippen LogP contribution in [-0.2, 0) is 6.54 Å². The number of halogens is 1. The van der Waals surface area contributed by atoms with Gasteiger partial charge in [0.2, 0.25) is 0 Å². The smallest absolute Gasteiger partial charge is 0.128 e. The van der Waals surface area contributed by atoms with Gasteiger partial charge in [-0.3, -0.25) is 0 Å². The summed E-state index contributed by atoms with van der Waals surface area (Å²) in [6.07, 6.45) is 2.62. The summed E-state index contributed by atoms with van der Waals surface area (Å²) in [4.78, 5) is 4.64. The average molecular weight is 289 g/mol. The second-order valence-electron chi connectivity index (χ2n) is 5.60. The minimum absolute atomic E-state index is 0.188. The van der Waals surface area contributed by atoms with E-state index in [4.69, 9.17) is 5.73 Å². The van der Waals surface area contributed by atoms with Gasteiger partial charge >= 0.3 is 0 Å². The molecule has 0 spiro atoms. The van der Waals surface area contributed by atoms with Crippen molar-refractivity contribution in [3.8, 4) is 11.8 Å². The van der Waals surface area contributed by atoms with E-state index in [1.165, 1.54) is 32.0 Å². The lowest BCUT2D eigenvalue weighted by atomic mass is 10.1. The summed E-state index contributed by atoms with van der Waals surface area (Å²) in [6, 6.07) is 5.17. The monoisotopic (exact) mass is 289 g/mol. The lowest BCUT2D eigenvalue weighted by molar-refractivity contribution is 0.250. The maximum atomic E-state index is 14.0. The second kappa shape index (κ2) is 8.14. The summed E-state index contributed by atoms with van der Waals surface area (Å²) in [5.41, 5.74) is 6.72. The number of nitrogens with two attached hydrogens (primary N) is 1. The first-order chi connectivity index (χ1) is 10.2. The van der Waals surface area contributed by atoms with Crippen molar-refractivity contribution in [2.45, 2.75) is 19.4 Å². The predicted octanol–water partition coefficient (Wildman–Crippen LogP) is 1.66. The van der Waals surface area contributed by atoms with E-state index in [1.54, 1.807) is 0 Å². The van der Waals surface area contributed by atoms with Crippen LogP contribution in [0.4, 0.5) is 4.39 Å². The molecule has 0 aliphatic carbocycles. The third-order valence-electron chi connectivity index (χ3n) is 3.82. The molecule has 1 aliphatic rings. The van der Waals surface area contributed by atoms with Crippen LogP contribution < -0.4 is 5.73 Å². The van der Waals surface area contributed by atoms with Crippen LogP contribution in [0.1, 0.15) is 24.0 Å². The highest BCUT2D eigenvalue weighted by Crippen LogP contribution is 2.12. The normalized spacial score (nSPS) is 15.2. The van der Waals surface area contributed by atoms with E-state index in [1.807, 2.05) is 19.2 Å². The highest BCUT2D eigenvalue weighted by molar-refractivity contribution is 5.37. The molecule has 0 radical (unpaired) electrons. The number of benzene rings is 1. The molecule has 0 saturated carbocycles. The lowest BCUT2D eigenvalue weighted by Gasteiger charge is -2.21. The standard InChI is InChI=1S/C17H24FN3/c1-20(11-12-21-9-2-3-10-21)14-16-7-6-15(5-4-8-19)13-17(16)18/h6-7,13H,2-3,8-12,14,19H2,1H3. The van der Waals surface area contributed by atoms with Crippen LogP contribution in [0.25, 0.3) is 0 Å². The van der Waals surface area contributed by atoms with Crippen LogP contribution in [0.15, 0.2) is 18.2 Å². The first-order valence-electron chi connectivity index (χ1n) is 7.57. The maximum absolute atomic E-state index is 14.0. The molecule has 3 nitrogen and oxygen atoms in total. The van der Waals surface area contributed by atoms with Gasteiger partial charge in [-0.1, -0.05) is 17.9 Å². The van der Waals surface area contributed by atoms with E-state index in [-0.39, 0.29) is 5.82 Å². The SMILES string of the molecule is CN(CCN1CCCC1)Cc1ccc(C#CCN)cc1F. The summed E-state index contributed by atoms with van der Waals surface area (Å²) < 4.78 is 14.0. The maximum Gasteiger partial charge on any atom is 0.128 e. The first-order valence-corrected chi connectivity index (χ1v) is 7.57. The van der Waals surface area contributed by atoms with Gasteiger partial charge < -0.3 is 15.5 Å². The molecule has 2 rings (SSSR count). The highest BCUT2D eigenvalue weighted by atomic mass is 19.1. The van der Waals surface area contributed by atoms with Crippen molar-refractivity contribution in [2.75, 3.05) is 39.8 Å². The van der Waals surface area contributed by atoms with Crippen molar-refractivity contribution in [1.29, 1.82) is 0 Å². The fraction of sp³-hybridized carbons (Fsp3) is 0.529. The minimum atomic E-state index is -0.188. The van der Waals surface area contributed by atoms with Gasteiger partial charge in [0.15, 0.2) is 0 Å². The average Bonchev–Trinajstić information content (AvgIpc) is 2.99. The fourth-order valence-corrected chi connectivity index (χ4v) is 2.59. The molecule has 1 aromatic carbocycles. The van der Waals surface area contributed by atoms with Crippen molar-refractivity contribution < 1.29 is 4.39 Å². The van der Waals surface area contributed by atoms with E-state index in [0.717, 1.165) is 18.7 Å². The number of rotatable bonds is 5. The molecule has 1 aliphatic heterocycles. The van der Waals surface area contributed by atoms with Crippen molar-refractivity contribution in [3.05, 3.63) is 35.1 Å². The Hall–Kier alpha value is -1.41. The Morgan fingerprint density at radius 1 is 1.33 bits per heavy atom. The van der Waals surface area contributed by atoms with Crippen LogP contribution in [0.5, 0.6) is 0 Å². The zero-order valence-electron chi connectivity index (χ0n) is 12.7.